The van der Waals surface area contributed by atoms with Crippen LogP contribution in [0, 0.1) is 10.8 Å². The lowest BCUT2D eigenvalue weighted by Crippen LogP contribution is -2.36. The molecule has 0 saturated carbocycles. The van der Waals surface area contributed by atoms with Gasteiger partial charge in [0, 0.05) is 18.3 Å². The summed E-state index contributed by atoms with van der Waals surface area (Å²) in [6, 6.07) is 0. The number of rotatable bonds is 29. The first-order chi connectivity index (χ1) is 20.0. The van der Waals surface area contributed by atoms with Crippen molar-refractivity contribution in [2.75, 3.05) is 19.8 Å². The van der Waals surface area contributed by atoms with Gasteiger partial charge in [0.2, 0.25) is 0 Å². The van der Waals surface area contributed by atoms with Gasteiger partial charge in [0.25, 0.3) is 0 Å². The third-order valence-corrected chi connectivity index (χ3v) is 7.83. The second-order valence-electron chi connectivity index (χ2n) is 13.8. The van der Waals surface area contributed by atoms with Crippen LogP contribution in [-0.2, 0) is 28.6 Å². The highest BCUT2D eigenvalue weighted by molar-refractivity contribution is 5.77. The molecule has 0 fully saturated rings. The summed E-state index contributed by atoms with van der Waals surface area (Å²) in [7, 11) is 0. The largest absolute Gasteiger partial charge is 0.465 e. The molecular formula is C36H68O6. The van der Waals surface area contributed by atoms with Crippen LogP contribution in [0.25, 0.3) is 0 Å². The minimum absolute atomic E-state index is 0.00328. The van der Waals surface area contributed by atoms with Crippen LogP contribution in [0.4, 0.5) is 0 Å². The van der Waals surface area contributed by atoms with Crippen LogP contribution in [0.3, 0.4) is 0 Å². The molecule has 0 aromatic carbocycles. The average Bonchev–Trinajstić information content (AvgIpc) is 2.95. The third-order valence-electron chi connectivity index (χ3n) is 7.83. The number of carbonyl (C=O) groups is 3. The van der Waals surface area contributed by atoms with Gasteiger partial charge >= 0.3 is 17.9 Å². The van der Waals surface area contributed by atoms with E-state index in [9.17, 15) is 14.4 Å². The van der Waals surface area contributed by atoms with Crippen LogP contribution in [-0.4, -0.2) is 37.7 Å². The smallest absolute Gasteiger partial charge is 0.315 e. The summed E-state index contributed by atoms with van der Waals surface area (Å²) in [5, 5.41) is 0. The lowest BCUT2D eigenvalue weighted by atomic mass is 9.93. The van der Waals surface area contributed by atoms with Crippen LogP contribution in [0.1, 0.15) is 183 Å². The Morgan fingerprint density at radius 1 is 0.429 bits per heavy atom. The Morgan fingerprint density at radius 3 is 1.12 bits per heavy atom. The number of unbranched alkanes of at least 4 members (excludes halogenated alkanes) is 18. The zero-order chi connectivity index (χ0) is 31.5. The minimum Gasteiger partial charge on any atom is -0.465 e. The van der Waals surface area contributed by atoms with E-state index in [1.165, 1.54) is 96.3 Å². The molecule has 0 N–H and O–H groups in total. The summed E-state index contributed by atoms with van der Waals surface area (Å²) in [6.07, 6.45) is 25.2. The molecule has 0 spiro atoms. The molecule has 42 heavy (non-hydrogen) atoms. The van der Waals surface area contributed by atoms with E-state index in [0.29, 0.717) is 12.8 Å². The van der Waals surface area contributed by atoms with Crippen molar-refractivity contribution < 1.29 is 28.6 Å². The summed E-state index contributed by atoms with van der Waals surface area (Å²) in [6.45, 7) is 12.1. The molecule has 0 radical (unpaired) electrons. The Morgan fingerprint density at radius 2 is 0.738 bits per heavy atom. The topological polar surface area (TPSA) is 78.9 Å². The Hall–Kier alpha value is -1.59. The Kier molecular flexibility index (Phi) is 24.9. The van der Waals surface area contributed by atoms with Gasteiger partial charge in [0.1, 0.15) is 6.61 Å². The van der Waals surface area contributed by atoms with E-state index in [-0.39, 0.29) is 31.8 Å². The van der Waals surface area contributed by atoms with Gasteiger partial charge in [0.15, 0.2) is 0 Å². The summed E-state index contributed by atoms with van der Waals surface area (Å²) >= 11 is 0. The molecule has 0 unspecified atom stereocenters. The Labute approximate surface area is 259 Å². The molecule has 0 aliphatic carbocycles. The van der Waals surface area contributed by atoms with Gasteiger partial charge in [-0.05, 0) is 26.7 Å². The molecule has 0 aromatic rings. The second-order valence-corrected chi connectivity index (χ2v) is 13.8. The van der Waals surface area contributed by atoms with Gasteiger partial charge in [0.05, 0.1) is 18.6 Å². The summed E-state index contributed by atoms with van der Waals surface area (Å²) in [5.74, 6) is -0.868. The summed E-state index contributed by atoms with van der Waals surface area (Å²) in [5.41, 5.74) is -1.43. The van der Waals surface area contributed by atoms with E-state index in [1.807, 2.05) is 13.8 Å². The predicted molar refractivity (Wildman–Crippen MR) is 173 cm³/mol. The number of hydrogen-bond acceptors (Lipinski definition) is 6. The van der Waals surface area contributed by atoms with Crippen molar-refractivity contribution >= 4 is 17.9 Å². The highest BCUT2D eigenvalue weighted by atomic mass is 16.6. The average molecular weight is 597 g/mol. The van der Waals surface area contributed by atoms with Crippen molar-refractivity contribution in [1.82, 2.24) is 0 Å². The van der Waals surface area contributed by atoms with Crippen molar-refractivity contribution in [3.8, 4) is 0 Å². The van der Waals surface area contributed by atoms with E-state index in [0.717, 1.165) is 32.1 Å². The van der Waals surface area contributed by atoms with Crippen LogP contribution in [0.5, 0.6) is 0 Å². The minimum atomic E-state index is -0.935. The Balaban J connectivity index is 3.95. The fourth-order valence-electron chi connectivity index (χ4n) is 4.75. The lowest BCUT2D eigenvalue weighted by molar-refractivity contribution is -0.165. The van der Waals surface area contributed by atoms with Crippen molar-refractivity contribution in [3.05, 3.63) is 0 Å². The van der Waals surface area contributed by atoms with Crippen LogP contribution in [0.2, 0.25) is 0 Å². The maximum Gasteiger partial charge on any atom is 0.315 e. The molecule has 0 atom stereocenters. The highest BCUT2D eigenvalue weighted by Gasteiger charge is 2.33. The molecule has 0 aliphatic rings. The van der Waals surface area contributed by atoms with Crippen LogP contribution >= 0.6 is 0 Å². The summed E-state index contributed by atoms with van der Waals surface area (Å²) in [4.78, 5) is 37.1. The maximum absolute atomic E-state index is 12.7. The molecule has 6 nitrogen and oxygen atoms in total. The van der Waals surface area contributed by atoms with E-state index >= 15 is 0 Å². The molecule has 6 heteroatoms. The third kappa shape index (κ3) is 25.0. The van der Waals surface area contributed by atoms with Crippen molar-refractivity contribution in [2.24, 2.45) is 10.8 Å². The molecule has 0 rings (SSSR count). The van der Waals surface area contributed by atoms with E-state index in [4.69, 9.17) is 14.2 Å². The Bertz CT molecular complexity index is 684. The molecular weight excluding hydrogens is 528 g/mol. The maximum atomic E-state index is 12.7. The first-order valence-corrected chi connectivity index (χ1v) is 17.5. The molecule has 0 aliphatic heterocycles. The molecule has 248 valence electrons. The second kappa shape index (κ2) is 25.9. The predicted octanol–water partition coefficient (Wildman–Crippen LogP) is 10.3. The normalized spacial score (nSPS) is 11.9. The van der Waals surface area contributed by atoms with Gasteiger partial charge in [-0.25, -0.2) is 0 Å². The molecule has 0 amide bonds. The van der Waals surface area contributed by atoms with Gasteiger partial charge in [-0.15, -0.1) is 0 Å². The fourth-order valence-corrected chi connectivity index (χ4v) is 4.75. The van der Waals surface area contributed by atoms with Gasteiger partial charge in [-0.3, -0.25) is 14.4 Å². The van der Waals surface area contributed by atoms with Gasteiger partial charge < -0.3 is 14.2 Å². The van der Waals surface area contributed by atoms with Gasteiger partial charge in [-0.2, -0.15) is 0 Å². The van der Waals surface area contributed by atoms with Crippen LogP contribution < -0.4 is 0 Å². The van der Waals surface area contributed by atoms with Crippen molar-refractivity contribution in [3.63, 3.8) is 0 Å². The van der Waals surface area contributed by atoms with E-state index in [2.05, 4.69) is 13.8 Å². The number of hydrogen-bond donors (Lipinski definition) is 0. The number of ether oxygens (including phenoxy) is 3. The number of carbonyl (C=O) groups excluding carboxylic acids is 3. The highest BCUT2D eigenvalue weighted by Crippen LogP contribution is 2.23. The van der Waals surface area contributed by atoms with Crippen molar-refractivity contribution in [1.29, 1.82) is 0 Å². The molecule has 0 heterocycles. The number of esters is 3. The molecule has 0 saturated heterocycles. The van der Waals surface area contributed by atoms with Gasteiger partial charge in [-0.1, -0.05) is 143 Å². The van der Waals surface area contributed by atoms with Crippen LogP contribution in [0.15, 0.2) is 0 Å². The van der Waals surface area contributed by atoms with Crippen molar-refractivity contribution in [2.45, 2.75) is 183 Å². The standard InChI is InChI=1S/C36H68O6/c1-7-9-11-13-15-17-19-21-23-25-27-32(37)40-29-35(3,4)30-42-34(39)36(5,6)31-41-33(38)28-26-24-22-20-18-16-14-12-10-8-2/h7-31H2,1-6H3. The first kappa shape index (κ1) is 40.4. The zero-order valence-corrected chi connectivity index (χ0v) is 28.6. The van der Waals surface area contributed by atoms with E-state index < -0.39 is 16.8 Å². The molecule has 0 bridgehead atoms. The lowest BCUT2D eigenvalue weighted by Gasteiger charge is -2.27. The quantitative estimate of drug-likeness (QED) is 0.0485. The monoisotopic (exact) mass is 597 g/mol. The first-order valence-electron chi connectivity index (χ1n) is 17.5. The summed E-state index contributed by atoms with van der Waals surface area (Å²) < 4.78 is 16.4. The zero-order valence-electron chi connectivity index (χ0n) is 28.6. The molecule has 0 aromatic heterocycles. The van der Waals surface area contributed by atoms with E-state index in [1.54, 1.807) is 13.8 Å². The fraction of sp³-hybridized carbons (Fsp3) is 0.917. The SMILES string of the molecule is CCCCCCCCCCCCC(=O)OCC(C)(C)COC(=O)C(C)(C)COC(=O)CCCCCCCCCCCC.